The molecule has 0 aliphatic carbocycles. The Morgan fingerprint density at radius 2 is 1.57 bits per heavy atom. The van der Waals surface area contributed by atoms with Crippen molar-refractivity contribution in [3.05, 3.63) is 66.2 Å². The van der Waals surface area contributed by atoms with Crippen LogP contribution in [-0.4, -0.2) is 5.78 Å². The SMILES string of the molecule is CC(=O)c1cc(Sc2ccc3ccccc3c2)ccc1N. The molecule has 0 aromatic heterocycles. The number of benzene rings is 3. The number of nitrogens with two attached hydrogens (primary N) is 1. The summed E-state index contributed by atoms with van der Waals surface area (Å²) in [6, 6.07) is 20.2. The fraction of sp³-hybridized carbons (Fsp3) is 0.0556. The first-order chi connectivity index (χ1) is 10.1. The summed E-state index contributed by atoms with van der Waals surface area (Å²) >= 11 is 1.63. The predicted octanol–water partition coefficient (Wildman–Crippen LogP) is 4.78. The first kappa shape index (κ1) is 13.7. The normalized spacial score (nSPS) is 10.7. The van der Waals surface area contributed by atoms with E-state index in [1.54, 1.807) is 17.8 Å². The number of nitrogen functional groups attached to an aromatic ring is 1. The molecular weight excluding hydrogens is 278 g/mol. The lowest BCUT2D eigenvalue weighted by Crippen LogP contribution is -1.99. The van der Waals surface area contributed by atoms with Gasteiger partial charge >= 0.3 is 0 Å². The second-order valence-electron chi connectivity index (χ2n) is 4.92. The van der Waals surface area contributed by atoms with E-state index in [1.165, 1.54) is 17.7 Å². The van der Waals surface area contributed by atoms with Gasteiger partial charge in [0.25, 0.3) is 0 Å². The molecule has 3 rings (SSSR count). The highest BCUT2D eigenvalue weighted by Crippen LogP contribution is 2.32. The Hall–Kier alpha value is -2.26. The van der Waals surface area contributed by atoms with Crippen LogP contribution in [0.25, 0.3) is 10.8 Å². The molecule has 0 amide bonds. The van der Waals surface area contributed by atoms with Crippen molar-refractivity contribution < 1.29 is 4.79 Å². The molecule has 21 heavy (non-hydrogen) atoms. The highest BCUT2D eigenvalue weighted by Gasteiger charge is 2.07. The van der Waals surface area contributed by atoms with Gasteiger partial charge < -0.3 is 5.73 Å². The van der Waals surface area contributed by atoms with Gasteiger partial charge in [0.2, 0.25) is 0 Å². The summed E-state index contributed by atoms with van der Waals surface area (Å²) in [5.74, 6) is -0.00605. The third kappa shape index (κ3) is 2.93. The number of hydrogen-bond acceptors (Lipinski definition) is 3. The lowest BCUT2D eigenvalue weighted by atomic mass is 10.1. The molecule has 0 bridgehead atoms. The Kier molecular flexibility index (Phi) is 3.67. The zero-order valence-corrected chi connectivity index (χ0v) is 12.5. The summed E-state index contributed by atoms with van der Waals surface area (Å²) in [6.45, 7) is 1.54. The van der Waals surface area contributed by atoms with Gasteiger partial charge in [-0.3, -0.25) is 4.79 Å². The van der Waals surface area contributed by atoms with Crippen LogP contribution in [0.1, 0.15) is 17.3 Å². The number of ketones is 1. The Morgan fingerprint density at radius 1 is 0.905 bits per heavy atom. The van der Waals surface area contributed by atoms with Crippen molar-refractivity contribution in [2.24, 2.45) is 0 Å². The maximum atomic E-state index is 11.6. The molecule has 2 N–H and O–H groups in total. The zero-order valence-electron chi connectivity index (χ0n) is 11.7. The van der Waals surface area contributed by atoms with Crippen molar-refractivity contribution in [3.8, 4) is 0 Å². The Morgan fingerprint density at radius 3 is 2.33 bits per heavy atom. The van der Waals surface area contributed by atoms with Crippen molar-refractivity contribution >= 4 is 34.0 Å². The highest BCUT2D eigenvalue weighted by molar-refractivity contribution is 7.99. The molecule has 0 aliphatic rings. The fourth-order valence-corrected chi connectivity index (χ4v) is 3.18. The highest BCUT2D eigenvalue weighted by atomic mass is 32.2. The van der Waals surface area contributed by atoms with Crippen LogP contribution in [0.3, 0.4) is 0 Å². The molecule has 3 aromatic rings. The van der Waals surface area contributed by atoms with E-state index in [1.807, 2.05) is 24.3 Å². The van der Waals surface area contributed by atoms with Crippen LogP contribution in [0.4, 0.5) is 5.69 Å². The fourth-order valence-electron chi connectivity index (χ4n) is 2.27. The van der Waals surface area contributed by atoms with Crippen LogP contribution in [0.15, 0.2) is 70.5 Å². The van der Waals surface area contributed by atoms with Gasteiger partial charge in [-0.15, -0.1) is 0 Å². The van der Waals surface area contributed by atoms with E-state index in [9.17, 15) is 4.79 Å². The maximum Gasteiger partial charge on any atom is 0.161 e. The Labute approximate surface area is 128 Å². The average Bonchev–Trinajstić information content (AvgIpc) is 2.49. The molecular formula is C18H15NOS. The van der Waals surface area contributed by atoms with Gasteiger partial charge in [0.1, 0.15) is 0 Å². The topological polar surface area (TPSA) is 43.1 Å². The van der Waals surface area contributed by atoms with Crippen molar-refractivity contribution in [1.29, 1.82) is 0 Å². The zero-order chi connectivity index (χ0) is 14.8. The van der Waals surface area contributed by atoms with Gasteiger partial charge in [-0.05, 0) is 48.0 Å². The van der Waals surface area contributed by atoms with Crippen molar-refractivity contribution in [3.63, 3.8) is 0 Å². The number of rotatable bonds is 3. The van der Waals surface area contributed by atoms with E-state index < -0.39 is 0 Å². The summed E-state index contributed by atoms with van der Waals surface area (Å²) in [7, 11) is 0. The maximum absolute atomic E-state index is 11.6. The Bertz CT molecular complexity index is 826. The molecule has 0 atom stereocenters. The molecule has 0 saturated heterocycles. The summed E-state index contributed by atoms with van der Waals surface area (Å²) < 4.78 is 0. The second-order valence-corrected chi connectivity index (χ2v) is 6.06. The van der Waals surface area contributed by atoms with Crippen molar-refractivity contribution in [2.45, 2.75) is 16.7 Å². The molecule has 0 saturated carbocycles. The van der Waals surface area contributed by atoms with Crippen LogP contribution < -0.4 is 5.73 Å². The second kappa shape index (κ2) is 5.62. The molecule has 0 spiro atoms. The minimum absolute atomic E-state index is 0.00605. The van der Waals surface area contributed by atoms with Crippen LogP contribution in [0.5, 0.6) is 0 Å². The number of Topliss-reactive ketones (excluding diaryl/α,β-unsaturated/α-hetero) is 1. The molecule has 0 fully saturated rings. The lowest BCUT2D eigenvalue weighted by molar-refractivity contribution is 0.101. The lowest BCUT2D eigenvalue weighted by Gasteiger charge is -2.07. The number of fused-ring (bicyclic) bond motifs is 1. The summed E-state index contributed by atoms with van der Waals surface area (Å²) in [6.07, 6.45) is 0. The number of hydrogen-bond donors (Lipinski definition) is 1. The van der Waals surface area contributed by atoms with Crippen LogP contribution in [0, 0.1) is 0 Å². The van der Waals surface area contributed by atoms with E-state index in [4.69, 9.17) is 5.73 Å². The Balaban J connectivity index is 1.94. The molecule has 0 unspecified atom stereocenters. The van der Waals surface area contributed by atoms with Gasteiger partial charge in [0, 0.05) is 21.0 Å². The van der Waals surface area contributed by atoms with Gasteiger partial charge in [0.05, 0.1) is 0 Å². The predicted molar refractivity (Wildman–Crippen MR) is 88.9 cm³/mol. The molecule has 0 aliphatic heterocycles. The molecule has 3 heteroatoms. The first-order valence-corrected chi connectivity index (χ1v) is 7.52. The first-order valence-electron chi connectivity index (χ1n) is 6.70. The standard InChI is InChI=1S/C18H15NOS/c1-12(20)17-11-16(8-9-18(17)19)21-15-7-6-13-4-2-3-5-14(13)10-15/h2-11H,19H2,1H3. The number of carbonyl (C=O) groups excluding carboxylic acids is 1. The summed E-state index contributed by atoms with van der Waals surface area (Å²) in [4.78, 5) is 13.7. The van der Waals surface area contributed by atoms with Gasteiger partial charge in [-0.25, -0.2) is 0 Å². The quantitative estimate of drug-likeness (QED) is 0.558. The average molecular weight is 293 g/mol. The van der Waals surface area contributed by atoms with E-state index in [0.29, 0.717) is 11.3 Å². The number of carbonyl (C=O) groups is 1. The van der Waals surface area contributed by atoms with E-state index in [2.05, 4.69) is 30.3 Å². The molecule has 104 valence electrons. The smallest absolute Gasteiger partial charge is 0.161 e. The largest absolute Gasteiger partial charge is 0.398 e. The van der Waals surface area contributed by atoms with Crippen LogP contribution in [-0.2, 0) is 0 Å². The minimum atomic E-state index is -0.00605. The van der Waals surface area contributed by atoms with Gasteiger partial charge in [0.15, 0.2) is 5.78 Å². The number of anilines is 1. The molecule has 0 radical (unpaired) electrons. The van der Waals surface area contributed by atoms with Crippen molar-refractivity contribution in [1.82, 2.24) is 0 Å². The third-order valence-corrected chi connectivity index (χ3v) is 4.34. The molecule has 0 heterocycles. The van der Waals surface area contributed by atoms with Crippen LogP contribution >= 0.6 is 11.8 Å². The minimum Gasteiger partial charge on any atom is -0.398 e. The molecule has 2 nitrogen and oxygen atoms in total. The monoisotopic (exact) mass is 293 g/mol. The third-order valence-electron chi connectivity index (χ3n) is 3.36. The molecule has 3 aromatic carbocycles. The van der Waals surface area contributed by atoms with Gasteiger partial charge in [-0.2, -0.15) is 0 Å². The van der Waals surface area contributed by atoms with Crippen LogP contribution in [0.2, 0.25) is 0 Å². The van der Waals surface area contributed by atoms with E-state index >= 15 is 0 Å². The van der Waals surface area contributed by atoms with Crippen molar-refractivity contribution in [2.75, 3.05) is 5.73 Å². The summed E-state index contributed by atoms with van der Waals surface area (Å²) in [5.41, 5.74) is 6.94. The van der Waals surface area contributed by atoms with Gasteiger partial charge in [-0.1, -0.05) is 42.1 Å². The van der Waals surface area contributed by atoms with E-state index in [0.717, 1.165) is 9.79 Å². The van der Waals surface area contributed by atoms with E-state index in [-0.39, 0.29) is 5.78 Å². The summed E-state index contributed by atoms with van der Waals surface area (Å²) in [5, 5.41) is 2.44.